The molecule has 2 atom stereocenters. The van der Waals surface area contributed by atoms with Crippen LogP contribution in [0.4, 0.5) is 4.39 Å². The van der Waals surface area contributed by atoms with Crippen molar-refractivity contribution in [3.63, 3.8) is 0 Å². The zero-order valence-electron chi connectivity index (χ0n) is 13.5. The van der Waals surface area contributed by atoms with E-state index in [1.54, 1.807) is 25.3 Å². The van der Waals surface area contributed by atoms with Crippen LogP contribution in [-0.4, -0.2) is 25.9 Å². The number of hydrogen-bond acceptors (Lipinski definition) is 4. The Balaban J connectivity index is 1.97. The Morgan fingerprint density at radius 2 is 1.87 bits per heavy atom. The third-order valence-corrected chi connectivity index (χ3v) is 3.77. The summed E-state index contributed by atoms with van der Waals surface area (Å²) in [5, 5.41) is 13.5. The van der Waals surface area contributed by atoms with E-state index in [0.29, 0.717) is 12.3 Å². The molecule has 0 aromatic heterocycles. The molecule has 0 radical (unpaired) electrons. The van der Waals surface area contributed by atoms with E-state index in [4.69, 9.17) is 9.47 Å². The molecule has 0 bridgehead atoms. The molecule has 2 rings (SSSR count). The smallest absolute Gasteiger partial charge is 0.165 e. The molecule has 2 unspecified atom stereocenters. The van der Waals surface area contributed by atoms with Crippen LogP contribution in [0.25, 0.3) is 0 Å². The zero-order valence-corrected chi connectivity index (χ0v) is 13.5. The van der Waals surface area contributed by atoms with E-state index in [9.17, 15) is 9.50 Å². The Labute approximate surface area is 135 Å². The second-order valence-corrected chi connectivity index (χ2v) is 5.32. The van der Waals surface area contributed by atoms with Gasteiger partial charge in [0.15, 0.2) is 11.6 Å². The standard InChI is InChI=1S/C18H22FNO3/c1-12(13-7-8-18(23-3)16(19)10-13)20-11-17(21)14-5-4-6-15(9-14)22-2/h4-10,12,17,20-21H,11H2,1-3H3. The molecule has 0 fully saturated rings. The van der Waals surface area contributed by atoms with Crippen LogP contribution in [0.3, 0.4) is 0 Å². The van der Waals surface area contributed by atoms with Gasteiger partial charge in [-0.2, -0.15) is 0 Å². The molecule has 0 heterocycles. The number of ether oxygens (including phenoxy) is 2. The highest BCUT2D eigenvalue weighted by Crippen LogP contribution is 2.23. The Bertz CT molecular complexity index is 648. The molecular formula is C18H22FNO3. The van der Waals surface area contributed by atoms with Gasteiger partial charge in [0.25, 0.3) is 0 Å². The highest BCUT2D eigenvalue weighted by Gasteiger charge is 2.13. The molecule has 0 aliphatic rings. The second kappa shape index (κ2) is 7.94. The van der Waals surface area contributed by atoms with Crippen LogP contribution in [0.15, 0.2) is 42.5 Å². The van der Waals surface area contributed by atoms with E-state index >= 15 is 0 Å². The maximum atomic E-state index is 13.7. The van der Waals surface area contributed by atoms with Gasteiger partial charge in [0.2, 0.25) is 0 Å². The fourth-order valence-electron chi connectivity index (χ4n) is 2.32. The maximum Gasteiger partial charge on any atom is 0.165 e. The number of aliphatic hydroxyl groups excluding tert-OH is 1. The summed E-state index contributed by atoms with van der Waals surface area (Å²) in [6.07, 6.45) is -0.671. The maximum absolute atomic E-state index is 13.7. The molecule has 0 spiro atoms. The number of hydrogen-bond donors (Lipinski definition) is 2. The first kappa shape index (κ1) is 17.2. The lowest BCUT2D eigenvalue weighted by molar-refractivity contribution is 0.170. The van der Waals surface area contributed by atoms with Crippen molar-refractivity contribution >= 4 is 0 Å². The van der Waals surface area contributed by atoms with Gasteiger partial charge in [-0.05, 0) is 42.3 Å². The number of methoxy groups -OCH3 is 2. The summed E-state index contributed by atoms with van der Waals surface area (Å²) in [7, 11) is 3.02. The van der Waals surface area contributed by atoms with E-state index in [0.717, 1.165) is 11.1 Å². The van der Waals surface area contributed by atoms with Crippen molar-refractivity contribution in [3.8, 4) is 11.5 Å². The van der Waals surface area contributed by atoms with Gasteiger partial charge >= 0.3 is 0 Å². The summed E-state index contributed by atoms with van der Waals surface area (Å²) in [5.41, 5.74) is 1.56. The minimum atomic E-state index is -0.671. The van der Waals surface area contributed by atoms with Crippen molar-refractivity contribution in [2.24, 2.45) is 0 Å². The number of rotatable bonds is 7. The van der Waals surface area contributed by atoms with Crippen LogP contribution >= 0.6 is 0 Å². The monoisotopic (exact) mass is 319 g/mol. The fraction of sp³-hybridized carbons (Fsp3) is 0.333. The van der Waals surface area contributed by atoms with Crippen molar-refractivity contribution in [3.05, 3.63) is 59.4 Å². The summed E-state index contributed by atoms with van der Waals surface area (Å²) in [5.74, 6) is 0.524. The van der Waals surface area contributed by atoms with E-state index in [-0.39, 0.29) is 11.8 Å². The fourth-order valence-corrected chi connectivity index (χ4v) is 2.32. The number of aliphatic hydroxyl groups is 1. The summed E-state index contributed by atoms with van der Waals surface area (Å²) < 4.78 is 23.8. The second-order valence-electron chi connectivity index (χ2n) is 5.32. The van der Waals surface area contributed by atoms with Crippen LogP contribution in [0, 0.1) is 5.82 Å². The van der Waals surface area contributed by atoms with Gasteiger partial charge < -0.3 is 19.9 Å². The first-order chi connectivity index (χ1) is 11.0. The lowest BCUT2D eigenvalue weighted by atomic mass is 10.1. The van der Waals surface area contributed by atoms with Gasteiger partial charge in [0, 0.05) is 12.6 Å². The predicted octanol–water partition coefficient (Wildman–Crippen LogP) is 3.23. The average Bonchev–Trinajstić information content (AvgIpc) is 2.59. The van der Waals surface area contributed by atoms with Crippen LogP contribution < -0.4 is 14.8 Å². The van der Waals surface area contributed by atoms with Gasteiger partial charge in [0.05, 0.1) is 20.3 Å². The number of nitrogens with one attached hydrogen (secondary N) is 1. The van der Waals surface area contributed by atoms with Crippen molar-refractivity contribution in [1.82, 2.24) is 5.32 Å². The van der Waals surface area contributed by atoms with Crippen molar-refractivity contribution < 1.29 is 19.0 Å². The van der Waals surface area contributed by atoms with Gasteiger partial charge in [-0.3, -0.25) is 0 Å². The lowest BCUT2D eigenvalue weighted by Gasteiger charge is -2.18. The van der Waals surface area contributed by atoms with Crippen LogP contribution in [0.1, 0.15) is 30.2 Å². The van der Waals surface area contributed by atoms with Gasteiger partial charge in [-0.15, -0.1) is 0 Å². The molecule has 0 aliphatic heterocycles. The highest BCUT2D eigenvalue weighted by atomic mass is 19.1. The van der Waals surface area contributed by atoms with Gasteiger partial charge in [-0.25, -0.2) is 4.39 Å². The topological polar surface area (TPSA) is 50.7 Å². The Morgan fingerprint density at radius 1 is 1.09 bits per heavy atom. The molecule has 0 saturated carbocycles. The molecule has 0 saturated heterocycles. The SMILES string of the molecule is COc1cccc(C(O)CNC(C)c2ccc(OC)c(F)c2)c1. The molecule has 5 heteroatoms. The quantitative estimate of drug-likeness (QED) is 0.823. The molecule has 0 aliphatic carbocycles. The van der Waals surface area contributed by atoms with E-state index in [1.165, 1.54) is 13.2 Å². The molecule has 23 heavy (non-hydrogen) atoms. The largest absolute Gasteiger partial charge is 0.497 e. The van der Waals surface area contributed by atoms with Gasteiger partial charge in [0.1, 0.15) is 5.75 Å². The minimum Gasteiger partial charge on any atom is -0.497 e. The van der Waals surface area contributed by atoms with Crippen molar-refractivity contribution in [1.29, 1.82) is 0 Å². The average molecular weight is 319 g/mol. The zero-order chi connectivity index (χ0) is 16.8. The highest BCUT2D eigenvalue weighted by molar-refractivity contribution is 5.31. The van der Waals surface area contributed by atoms with Crippen LogP contribution in [-0.2, 0) is 0 Å². The molecule has 4 nitrogen and oxygen atoms in total. The molecule has 2 aromatic rings. The van der Waals surface area contributed by atoms with Crippen molar-refractivity contribution in [2.75, 3.05) is 20.8 Å². The summed E-state index contributed by atoms with van der Waals surface area (Å²) in [6, 6.07) is 12.0. The third kappa shape index (κ3) is 4.43. The number of benzene rings is 2. The first-order valence-electron chi connectivity index (χ1n) is 7.44. The van der Waals surface area contributed by atoms with E-state index in [2.05, 4.69) is 5.32 Å². The molecular weight excluding hydrogens is 297 g/mol. The summed E-state index contributed by atoms with van der Waals surface area (Å²) in [6.45, 7) is 2.27. The van der Waals surface area contributed by atoms with Crippen LogP contribution in [0.5, 0.6) is 11.5 Å². The Morgan fingerprint density at radius 3 is 2.52 bits per heavy atom. The molecule has 124 valence electrons. The Kier molecular flexibility index (Phi) is 5.96. The minimum absolute atomic E-state index is 0.101. The molecule has 0 amide bonds. The first-order valence-corrected chi connectivity index (χ1v) is 7.44. The number of halogens is 1. The molecule has 2 aromatic carbocycles. The van der Waals surface area contributed by atoms with E-state index in [1.807, 2.05) is 25.1 Å². The van der Waals surface area contributed by atoms with Crippen LogP contribution in [0.2, 0.25) is 0 Å². The molecule has 2 N–H and O–H groups in total. The summed E-state index contributed by atoms with van der Waals surface area (Å²) >= 11 is 0. The predicted molar refractivity (Wildman–Crippen MR) is 87.3 cm³/mol. The third-order valence-electron chi connectivity index (χ3n) is 3.77. The van der Waals surface area contributed by atoms with Gasteiger partial charge in [-0.1, -0.05) is 18.2 Å². The Hall–Kier alpha value is -2.11. The van der Waals surface area contributed by atoms with E-state index < -0.39 is 11.9 Å². The summed E-state index contributed by atoms with van der Waals surface area (Å²) in [4.78, 5) is 0. The normalized spacial score (nSPS) is 13.4. The van der Waals surface area contributed by atoms with Crippen molar-refractivity contribution in [2.45, 2.75) is 19.1 Å². The lowest BCUT2D eigenvalue weighted by Crippen LogP contribution is -2.24.